The van der Waals surface area contributed by atoms with Gasteiger partial charge in [0, 0.05) is 11.3 Å². The van der Waals surface area contributed by atoms with Gasteiger partial charge in [-0.2, -0.15) is 0 Å². The minimum atomic E-state index is -0.321. The summed E-state index contributed by atoms with van der Waals surface area (Å²) in [7, 11) is 0. The molecule has 4 nitrogen and oxygen atoms in total. The Morgan fingerprint density at radius 2 is 1.67 bits per heavy atom. The van der Waals surface area contributed by atoms with Crippen molar-refractivity contribution in [2.24, 2.45) is 0 Å². The van der Waals surface area contributed by atoms with E-state index < -0.39 is 0 Å². The molecule has 1 amide bonds. The molecule has 0 aromatic heterocycles. The number of phenols is 1. The number of carbonyl (C=O) groups is 1. The molecule has 2 rings (SSSR count). The van der Waals surface area contributed by atoms with E-state index in [2.05, 4.69) is 24.5 Å². The Morgan fingerprint density at radius 1 is 1.12 bits per heavy atom. The van der Waals surface area contributed by atoms with Gasteiger partial charge in [0.25, 0.3) is 5.91 Å². The topological polar surface area (TPSA) is 61.4 Å². The summed E-state index contributed by atoms with van der Waals surface area (Å²) in [5, 5.41) is 15.2. The van der Waals surface area contributed by atoms with Gasteiger partial charge in [0.1, 0.15) is 0 Å². The number of amides is 1. The number of aromatic hydroxyl groups is 1. The number of nitrogens with one attached hydrogen (secondary N) is 2. The van der Waals surface area contributed by atoms with Crippen LogP contribution in [0.25, 0.3) is 0 Å². The molecule has 0 spiro atoms. The van der Waals surface area contributed by atoms with Gasteiger partial charge >= 0.3 is 0 Å². The Morgan fingerprint density at radius 3 is 2.17 bits per heavy atom. The first kappa shape index (κ1) is 18.5. The van der Waals surface area contributed by atoms with Crippen LogP contribution in [0.4, 0.5) is 5.69 Å². The molecule has 126 valence electrons. The summed E-state index contributed by atoms with van der Waals surface area (Å²) >= 11 is 16.8. The van der Waals surface area contributed by atoms with E-state index in [1.807, 2.05) is 12.1 Å². The minimum Gasteiger partial charge on any atom is -0.505 e. The van der Waals surface area contributed by atoms with Crippen LogP contribution in [-0.2, 0) is 0 Å². The van der Waals surface area contributed by atoms with Crippen molar-refractivity contribution < 1.29 is 9.90 Å². The summed E-state index contributed by atoms with van der Waals surface area (Å²) in [5.74, 6) is -0.128. The van der Waals surface area contributed by atoms with Crippen LogP contribution in [0.5, 0.6) is 5.75 Å². The molecule has 0 saturated heterocycles. The molecule has 0 heterocycles. The molecular formula is C17H16Cl2N2O2S. The average Bonchev–Trinajstić information content (AvgIpc) is 2.52. The molecule has 0 saturated carbocycles. The van der Waals surface area contributed by atoms with Gasteiger partial charge in [-0.1, -0.05) is 49.2 Å². The molecule has 0 radical (unpaired) electrons. The highest BCUT2D eigenvalue weighted by atomic mass is 35.5. The predicted octanol–water partition coefficient (Wildman–Crippen LogP) is 4.95. The number of benzene rings is 2. The first-order chi connectivity index (χ1) is 11.3. The summed E-state index contributed by atoms with van der Waals surface area (Å²) < 4.78 is 0. The summed E-state index contributed by atoms with van der Waals surface area (Å²) in [5.41, 5.74) is 2.12. The van der Waals surface area contributed by atoms with Crippen molar-refractivity contribution in [3.8, 4) is 5.75 Å². The number of hydrogen-bond donors (Lipinski definition) is 3. The Kier molecular flexibility index (Phi) is 6.04. The van der Waals surface area contributed by atoms with E-state index >= 15 is 0 Å². The van der Waals surface area contributed by atoms with Crippen LogP contribution < -0.4 is 10.6 Å². The van der Waals surface area contributed by atoms with Crippen LogP contribution in [0.15, 0.2) is 36.4 Å². The molecule has 0 bridgehead atoms. The molecule has 3 N–H and O–H groups in total. The molecule has 2 aromatic rings. The van der Waals surface area contributed by atoms with Gasteiger partial charge in [0.15, 0.2) is 10.9 Å². The molecule has 0 unspecified atom stereocenters. The molecule has 2 aromatic carbocycles. The fourth-order valence-electron chi connectivity index (χ4n) is 1.99. The Labute approximate surface area is 155 Å². The smallest absolute Gasteiger partial charge is 0.257 e. The first-order valence-electron chi connectivity index (χ1n) is 7.18. The SMILES string of the molecule is CC(C)c1ccc(C(=O)NC(=S)Nc2cc(Cl)c(O)c(Cl)c2)cc1. The van der Waals surface area contributed by atoms with E-state index in [-0.39, 0.29) is 26.8 Å². The summed E-state index contributed by atoms with van der Waals surface area (Å²) in [4.78, 5) is 12.2. The number of hydrogen-bond acceptors (Lipinski definition) is 3. The molecule has 24 heavy (non-hydrogen) atoms. The standard InChI is InChI=1S/C17H16Cl2N2O2S/c1-9(2)10-3-5-11(6-4-10)16(23)21-17(24)20-12-7-13(18)15(22)14(19)8-12/h3-9,22H,1-2H3,(H2,20,21,23,24). The quantitative estimate of drug-likeness (QED) is 0.519. The van der Waals surface area contributed by atoms with Crippen LogP contribution in [-0.4, -0.2) is 16.1 Å². The lowest BCUT2D eigenvalue weighted by molar-refractivity contribution is 0.0977. The maximum Gasteiger partial charge on any atom is 0.257 e. The fraction of sp³-hybridized carbons (Fsp3) is 0.176. The van der Waals surface area contributed by atoms with Gasteiger partial charge in [0.05, 0.1) is 10.0 Å². The second-order valence-corrected chi connectivity index (χ2v) is 6.70. The minimum absolute atomic E-state index is 0.0865. The number of carbonyl (C=O) groups excluding carboxylic acids is 1. The number of anilines is 1. The zero-order chi connectivity index (χ0) is 17.9. The lowest BCUT2D eigenvalue weighted by Crippen LogP contribution is -2.34. The van der Waals surface area contributed by atoms with Crippen LogP contribution in [0, 0.1) is 0 Å². The highest BCUT2D eigenvalue weighted by molar-refractivity contribution is 7.80. The second-order valence-electron chi connectivity index (χ2n) is 5.47. The zero-order valence-corrected chi connectivity index (χ0v) is 15.4. The van der Waals surface area contributed by atoms with Gasteiger partial charge in [-0.3, -0.25) is 10.1 Å². The van der Waals surface area contributed by atoms with Gasteiger partial charge in [0.2, 0.25) is 0 Å². The second kappa shape index (κ2) is 7.83. The molecular weight excluding hydrogens is 367 g/mol. The highest BCUT2D eigenvalue weighted by Crippen LogP contribution is 2.34. The Hall–Kier alpha value is -1.82. The molecule has 0 aliphatic carbocycles. The van der Waals surface area contributed by atoms with E-state index in [1.54, 1.807) is 12.1 Å². The van der Waals surface area contributed by atoms with Gasteiger partial charge in [-0.15, -0.1) is 0 Å². The Bertz CT molecular complexity index is 754. The molecule has 7 heteroatoms. The third-order valence-corrected chi connectivity index (χ3v) is 4.12. The van der Waals surface area contributed by atoms with Crippen molar-refractivity contribution in [3.63, 3.8) is 0 Å². The molecule has 0 atom stereocenters. The van der Waals surface area contributed by atoms with Crippen LogP contribution in [0.1, 0.15) is 35.7 Å². The molecule has 0 aliphatic heterocycles. The monoisotopic (exact) mass is 382 g/mol. The van der Waals surface area contributed by atoms with Crippen molar-refractivity contribution >= 4 is 52.1 Å². The number of rotatable bonds is 3. The van der Waals surface area contributed by atoms with Gasteiger partial charge < -0.3 is 10.4 Å². The first-order valence-corrected chi connectivity index (χ1v) is 8.34. The lowest BCUT2D eigenvalue weighted by Gasteiger charge is -2.11. The zero-order valence-electron chi connectivity index (χ0n) is 13.1. The maximum absolute atomic E-state index is 12.2. The number of phenolic OH excluding ortho intramolecular Hbond substituents is 1. The van der Waals surface area contributed by atoms with Crippen molar-refractivity contribution in [1.82, 2.24) is 5.32 Å². The maximum atomic E-state index is 12.2. The van der Waals surface area contributed by atoms with E-state index in [0.29, 0.717) is 17.2 Å². The third kappa shape index (κ3) is 4.60. The fourth-order valence-corrected chi connectivity index (χ4v) is 2.69. The van der Waals surface area contributed by atoms with E-state index in [9.17, 15) is 9.90 Å². The van der Waals surface area contributed by atoms with Crippen molar-refractivity contribution in [2.75, 3.05) is 5.32 Å². The largest absolute Gasteiger partial charge is 0.505 e. The Balaban J connectivity index is 2.02. The average molecular weight is 383 g/mol. The summed E-state index contributed by atoms with van der Waals surface area (Å²) in [6, 6.07) is 10.2. The van der Waals surface area contributed by atoms with Gasteiger partial charge in [-0.25, -0.2) is 0 Å². The van der Waals surface area contributed by atoms with Gasteiger partial charge in [-0.05, 0) is 48.0 Å². The number of halogens is 2. The predicted molar refractivity (Wildman–Crippen MR) is 102 cm³/mol. The van der Waals surface area contributed by atoms with Crippen LogP contribution in [0.2, 0.25) is 10.0 Å². The van der Waals surface area contributed by atoms with E-state index in [1.165, 1.54) is 12.1 Å². The lowest BCUT2D eigenvalue weighted by atomic mass is 10.0. The molecule has 0 aliphatic rings. The van der Waals surface area contributed by atoms with E-state index in [4.69, 9.17) is 35.4 Å². The third-order valence-electron chi connectivity index (χ3n) is 3.34. The van der Waals surface area contributed by atoms with Crippen molar-refractivity contribution in [2.45, 2.75) is 19.8 Å². The summed E-state index contributed by atoms with van der Waals surface area (Å²) in [6.07, 6.45) is 0. The van der Waals surface area contributed by atoms with Crippen LogP contribution in [0.3, 0.4) is 0 Å². The van der Waals surface area contributed by atoms with Crippen molar-refractivity contribution in [3.05, 3.63) is 57.6 Å². The van der Waals surface area contributed by atoms with Crippen LogP contribution >= 0.6 is 35.4 Å². The van der Waals surface area contributed by atoms with E-state index in [0.717, 1.165) is 5.56 Å². The highest BCUT2D eigenvalue weighted by Gasteiger charge is 2.11. The molecule has 0 fully saturated rings. The normalized spacial score (nSPS) is 10.5. The van der Waals surface area contributed by atoms with Crippen molar-refractivity contribution in [1.29, 1.82) is 0 Å². The number of thiocarbonyl (C=S) groups is 1. The summed E-state index contributed by atoms with van der Waals surface area (Å²) in [6.45, 7) is 4.17.